The Morgan fingerprint density at radius 2 is 2.00 bits per heavy atom. The lowest BCUT2D eigenvalue weighted by molar-refractivity contribution is 0.0535. The zero-order valence-electron chi connectivity index (χ0n) is 19.3. The number of benzene rings is 1. The van der Waals surface area contributed by atoms with Crippen molar-refractivity contribution in [3.63, 3.8) is 0 Å². The van der Waals surface area contributed by atoms with E-state index in [1.54, 1.807) is 18.3 Å². The molecule has 168 valence electrons. The Kier molecular flexibility index (Phi) is 6.76. The quantitative estimate of drug-likeness (QED) is 0.565. The monoisotopic (exact) mass is 441 g/mol. The lowest BCUT2D eigenvalue weighted by Crippen LogP contribution is -2.33. The Morgan fingerprint density at radius 1 is 1.15 bits per heavy atom. The smallest absolute Gasteiger partial charge is 0.338 e. The van der Waals surface area contributed by atoms with E-state index in [2.05, 4.69) is 33.9 Å². The number of cyclic esters (lactones) is 1. The molecule has 0 unspecified atom stereocenters. The molecule has 2 aromatic heterocycles. The number of rotatable bonds is 4. The van der Waals surface area contributed by atoms with Crippen LogP contribution in [0.25, 0.3) is 11.5 Å². The third-order valence-corrected chi connectivity index (χ3v) is 6.11. The Balaban J connectivity index is 0.00000126. The number of carbonyl (C=O) groups is 1. The molecule has 2 aliphatic heterocycles. The normalized spacial score (nSPS) is 14.4. The minimum Gasteiger partial charge on any atom is -0.457 e. The molecule has 0 saturated heterocycles. The van der Waals surface area contributed by atoms with Crippen molar-refractivity contribution < 1.29 is 9.53 Å². The van der Waals surface area contributed by atoms with Crippen LogP contribution in [0.15, 0.2) is 36.7 Å². The third kappa shape index (κ3) is 4.62. The Labute approximate surface area is 194 Å². The molecule has 1 aromatic carbocycles. The number of pyridine rings is 1. The second kappa shape index (κ2) is 9.88. The zero-order valence-corrected chi connectivity index (χ0v) is 19.3. The molecular weight excluding hydrogens is 414 g/mol. The third-order valence-electron chi connectivity index (χ3n) is 6.11. The molecule has 0 spiro atoms. The molecule has 0 N–H and O–H groups in total. The number of nitrogens with zero attached hydrogens (tertiary/aromatic N) is 5. The number of nitriles is 1. The van der Waals surface area contributed by atoms with Crippen LogP contribution < -0.4 is 0 Å². The Morgan fingerprint density at radius 3 is 2.76 bits per heavy atom. The maximum absolute atomic E-state index is 11.7. The standard InChI is InChI=1S/C24H21N5O2.C2H6/c1-15-17(3-4-19-20(15)14-31-24(19)30)6-8-29-9-7-21-18(13-29)12-27-23(28-21)22-5-2-16(10-25)11-26-22;1-2/h2-5,11-12H,6-9,13-14H2,1H3;1-2H3. The molecule has 4 heterocycles. The molecule has 0 radical (unpaired) electrons. The van der Waals surface area contributed by atoms with E-state index in [4.69, 9.17) is 15.0 Å². The van der Waals surface area contributed by atoms with Gasteiger partial charge in [0.15, 0.2) is 5.82 Å². The first-order valence-corrected chi connectivity index (χ1v) is 11.3. The Hall–Kier alpha value is -3.63. The number of aromatic nitrogens is 3. The SMILES string of the molecule is CC.Cc1c(CCN2CCc3nc(-c4ccc(C#N)cn4)ncc3C2)ccc2c1COC2=O. The van der Waals surface area contributed by atoms with Gasteiger partial charge < -0.3 is 4.74 Å². The molecule has 0 bridgehead atoms. The van der Waals surface area contributed by atoms with Crippen molar-refractivity contribution in [1.29, 1.82) is 5.26 Å². The second-order valence-corrected chi connectivity index (χ2v) is 7.94. The second-order valence-electron chi connectivity index (χ2n) is 7.94. The average molecular weight is 442 g/mol. The summed E-state index contributed by atoms with van der Waals surface area (Å²) in [6, 6.07) is 9.54. The lowest BCUT2D eigenvalue weighted by atomic mass is 9.96. The van der Waals surface area contributed by atoms with Gasteiger partial charge >= 0.3 is 5.97 Å². The first-order chi connectivity index (χ1) is 16.1. The highest BCUT2D eigenvalue weighted by Gasteiger charge is 2.24. The molecule has 5 rings (SSSR count). The minimum atomic E-state index is -0.215. The van der Waals surface area contributed by atoms with Gasteiger partial charge in [-0.3, -0.25) is 9.88 Å². The van der Waals surface area contributed by atoms with Gasteiger partial charge in [-0.05, 0) is 42.7 Å². The van der Waals surface area contributed by atoms with Gasteiger partial charge in [0.1, 0.15) is 18.4 Å². The van der Waals surface area contributed by atoms with E-state index in [1.165, 1.54) is 11.1 Å². The first kappa shape index (κ1) is 22.6. The molecule has 33 heavy (non-hydrogen) atoms. The lowest BCUT2D eigenvalue weighted by Gasteiger charge is -2.28. The summed E-state index contributed by atoms with van der Waals surface area (Å²) in [5, 5.41) is 8.92. The predicted octanol–water partition coefficient (Wildman–Crippen LogP) is 4.02. The van der Waals surface area contributed by atoms with Crippen LogP contribution in [-0.4, -0.2) is 38.9 Å². The maximum atomic E-state index is 11.7. The summed E-state index contributed by atoms with van der Waals surface area (Å²) < 4.78 is 5.16. The number of hydrogen-bond acceptors (Lipinski definition) is 7. The molecule has 0 atom stereocenters. The molecule has 7 nitrogen and oxygen atoms in total. The van der Waals surface area contributed by atoms with Gasteiger partial charge in [-0.2, -0.15) is 5.26 Å². The van der Waals surface area contributed by atoms with Crippen LogP contribution in [0.4, 0.5) is 0 Å². The van der Waals surface area contributed by atoms with E-state index in [0.717, 1.165) is 49.3 Å². The molecule has 2 aliphatic rings. The molecule has 0 aliphatic carbocycles. The van der Waals surface area contributed by atoms with Gasteiger partial charge in [-0.1, -0.05) is 19.9 Å². The Bertz CT molecular complexity index is 1210. The fraction of sp³-hybridized carbons (Fsp3) is 0.346. The molecule has 3 aromatic rings. The van der Waals surface area contributed by atoms with E-state index in [-0.39, 0.29) is 5.97 Å². The van der Waals surface area contributed by atoms with E-state index >= 15 is 0 Å². The summed E-state index contributed by atoms with van der Waals surface area (Å²) in [6.07, 6.45) is 5.24. The van der Waals surface area contributed by atoms with Crippen molar-refractivity contribution in [3.8, 4) is 17.6 Å². The molecular formula is C26H27N5O2. The van der Waals surface area contributed by atoms with Crippen LogP contribution in [0.1, 0.15) is 57.7 Å². The van der Waals surface area contributed by atoms with Gasteiger partial charge in [-0.25, -0.2) is 14.8 Å². The van der Waals surface area contributed by atoms with Crippen molar-refractivity contribution in [2.45, 2.75) is 46.8 Å². The number of fused-ring (bicyclic) bond motifs is 2. The zero-order chi connectivity index (χ0) is 23.4. The van der Waals surface area contributed by atoms with E-state index < -0.39 is 0 Å². The van der Waals surface area contributed by atoms with Crippen molar-refractivity contribution >= 4 is 5.97 Å². The van der Waals surface area contributed by atoms with E-state index in [1.807, 2.05) is 26.1 Å². The average Bonchev–Trinajstić information content (AvgIpc) is 3.26. The van der Waals surface area contributed by atoms with E-state index in [9.17, 15) is 4.79 Å². The highest BCUT2D eigenvalue weighted by molar-refractivity contribution is 5.93. The number of carbonyl (C=O) groups excluding carboxylic acids is 1. The minimum absolute atomic E-state index is 0.215. The molecule has 7 heteroatoms. The summed E-state index contributed by atoms with van der Waals surface area (Å²) in [6.45, 7) is 9.16. The van der Waals surface area contributed by atoms with Crippen molar-refractivity contribution in [2.75, 3.05) is 13.1 Å². The van der Waals surface area contributed by atoms with Gasteiger partial charge in [0.2, 0.25) is 0 Å². The number of hydrogen-bond donors (Lipinski definition) is 0. The van der Waals surface area contributed by atoms with E-state index in [0.29, 0.717) is 29.3 Å². The van der Waals surface area contributed by atoms with Crippen molar-refractivity contribution in [2.24, 2.45) is 0 Å². The van der Waals surface area contributed by atoms with Crippen molar-refractivity contribution in [3.05, 3.63) is 75.7 Å². The van der Waals surface area contributed by atoms with Crippen LogP contribution >= 0.6 is 0 Å². The van der Waals surface area contributed by atoms with Crippen LogP contribution in [0, 0.1) is 18.3 Å². The van der Waals surface area contributed by atoms with Gasteiger partial charge in [0.05, 0.1) is 16.8 Å². The summed E-state index contributed by atoms with van der Waals surface area (Å²) in [7, 11) is 0. The first-order valence-electron chi connectivity index (χ1n) is 11.3. The summed E-state index contributed by atoms with van der Waals surface area (Å²) in [5.41, 5.74) is 7.59. The molecule has 0 saturated carbocycles. The van der Waals surface area contributed by atoms with Gasteiger partial charge in [-0.15, -0.1) is 0 Å². The fourth-order valence-corrected chi connectivity index (χ4v) is 4.23. The van der Waals surface area contributed by atoms with Crippen LogP contribution in [0.3, 0.4) is 0 Å². The molecule has 0 fully saturated rings. The van der Waals surface area contributed by atoms with Gasteiger partial charge in [0, 0.05) is 49.6 Å². The highest BCUT2D eigenvalue weighted by Crippen LogP contribution is 2.27. The highest BCUT2D eigenvalue weighted by atomic mass is 16.5. The summed E-state index contributed by atoms with van der Waals surface area (Å²) in [5.74, 6) is 0.384. The molecule has 0 amide bonds. The summed E-state index contributed by atoms with van der Waals surface area (Å²) >= 11 is 0. The van der Waals surface area contributed by atoms with Gasteiger partial charge in [0.25, 0.3) is 0 Å². The summed E-state index contributed by atoms with van der Waals surface area (Å²) in [4.78, 5) is 27.7. The van der Waals surface area contributed by atoms with Crippen LogP contribution in [0.5, 0.6) is 0 Å². The van der Waals surface area contributed by atoms with Crippen molar-refractivity contribution in [1.82, 2.24) is 19.9 Å². The fourth-order valence-electron chi connectivity index (χ4n) is 4.23. The maximum Gasteiger partial charge on any atom is 0.338 e. The topological polar surface area (TPSA) is 92.0 Å². The predicted molar refractivity (Wildman–Crippen MR) is 124 cm³/mol. The van der Waals surface area contributed by atoms with Crippen LogP contribution in [0.2, 0.25) is 0 Å². The van der Waals surface area contributed by atoms with Crippen LogP contribution in [-0.2, 0) is 30.7 Å². The number of ether oxygens (including phenoxy) is 1. The largest absolute Gasteiger partial charge is 0.457 e. The number of esters is 1.